The van der Waals surface area contributed by atoms with Gasteiger partial charge in [0.05, 0.1) is 0 Å². The monoisotopic (exact) mass is 262 g/mol. The molecule has 19 heavy (non-hydrogen) atoms. The van der Waals surface area contributed by atoms with Crippen molar-refractivity contribution in [2.75, 3.05) is 0 Å². The van der Waals surface area contributed by atoms with E-state index in [9.17, 15) is 14.7 Å². The first-order chi connectivity index (χ1) is 8.82. The Balaban J connectivity index is 2.16. The molecule has 0 aromatic rings. The van der Waals surface area contributed by atoms with E-state index in [1.807, 2.05) is 6.92 Å². The van der Waals surface area contributed by atoms with Crippen molar-refractivity contribution in [1.29, 1.82) is 0 Å². The highest BCUT2D eigenvalue weighted by Gasteiger charge is 2.66. The second-order valence-electron chi connectivity index (χ2n) is 6.16. The maximum Gasteiger partial charge on any atom is 0.334 e. The zero-order valence-corrected chi connectivity index (χ0v) is 11.2. The van der Waals surface area contributed by atoms with E-state index in [0.29, 0.717) is 5.57 Å². The van der Waals surface area contributed by atoms with Gasteiger partial charge in [0.2, 0.25) is 0 Å². The largest absolute Gasteiger partial charge is 0.457 e. The molecule has 1 saturated heterocycles. The fourth-order valence-corrected chi connectivity index (χ4v) is 3.89. The van der Waals surface area contributed by atoms with Crippen molar-refractivity contribution in [1.82, 2.24) is 0 Å². The van der Waals surface area contributed by atoms with Gasteiger partial charge in [0.1, 0.15) is 17.1 Å². The molecule has 1 unspecified atom stereocenters. The lowest BCUT2D eigenvalue weighted by atomic mass is 9.65. The standard InChI is InChI=1S/C15H18O4/c1-8-4-5-10-9(2)13(17)19-12(10)14(3)11(16)6-7-15(8,14)18/h6-8,10,12,18H,2,4-5H2,1,3H3/t8-,10-,12?,14-,15+/m0/s1. The lowest BCUT2D eigenvalue weighted by molar-refractivity contribution is -0.165. The van der Waals surface area contributed by atoms with Gasteiger partial charge in [0.25, 0.3) is 0 Å². The van der Waals surface area contributed by atoms with Crippen molar-refractivity contribution in [3.8, 4) is 0 Å². The van der Waals surface area contributed by atoms with Gasteiger partial charge in [-0.2, -0.15) is 0 Å². The van der Waals surface area contributed by atoms with Crippen LogP contribution in [0.5, 0.6) is 0 Å². The Kier molecular flexibility index (Phi) is 2.37. The molecule has 0 amide bonds. The first-order valence-electron chi connectivity index (χ1n) is 6.68. The molecule has 0 bridgehead atoms. The van der Waals surface area contributed by atoms with Gasteiger partial charge in [0, 0.05) is 11.5 Å². The lowest BCUT2D eigenvalue weighted by Crippen LogP contribution is -2.56. The smallest absolute Gasteiger partial charge is 0.334 e. The number of fused-ring (bicyclic) bond motifs is 3. The molecule has 0 spiro atoms. The summed E-state index contributed by atoms with van der Waals surface area (Å²) >= 11 is 0. The summed E-state index contributed by atoms with van der Waals surface area (Å²) < 4.78 is 5.40. The van der Waals surface area contributed by atoms with Crippen LogP contribution in [-0.4, -0.2) is 28.6 Å². The summed E-state index contributed by atoms with van der Waals surface area (Å²) in [6.07, 6.45) is 3.85. The normalized spacial score (nSPS) is 48.8. The maximum absolute atomic E-state index is 12.3. The Morgan fingerprint density at radius 2 is 2.11 bits per heavy atom. The highest BCUT2D eigenvalue weighted by atomic mass is 16.6. The quantitative estimate of drug-likeness (QED) is 0.529. The highest BCUT2D eigenvalue weighted by Crippen LogP contribution is 2.56. The summed E-state index contributed by atoms with van der Waals surface area (Å²) in [4.78, 5) is 24.1. The van der Waals surface area contributed by atoms with E-state index in [2.05, 4.69) is 6.58 Å². The molecular weight excluding hydrogens is 244 g/mol. The molecule has 1 aliphatic heterocycles. The Morgan fingerprint density at radius 3 is 2.79 bits per heavy atom. The van der Waals surface area contributed by atoms with Crippen LogP contribution in [0.3, 0.4) is 0 Å². The predicted octanol–water partition coefficient (Wildman–Crippen LogP) is 1.39. The average molecular weight is 262 g/mol. The Bertz CT molecular complexity index is 520. The van der Waals surface area contributed by atoms with Gasteiger partial charge in [-0.3, -0.25) is 4.79 Å². The minimum atomic E-state index is -1.24. The number of hydrogen-bond donors (Lipinski definition) is 1. The van der Waals surface area contributed by atoms with Crippen LogP contribution in [-0.2, 0) is 14.3 Å². The van der Waals surface area contributed by atoms with E-state index < -0.39 is 23.1 Å². The number of rotatable bonds is 0. The van der Waals surface area contributed by atoms with E-state index in [4.69, 9.17) is 4.74 Å². The molecule has 0 aromatic heterocycles. The van der Waals surface area contributed by atoms with E-state index in [-0.39, 0.29) is 17.6 Å². The summed E-state index contributed by atoms with van der Waals surface area (Å²) in [7, 11) is 0. The van der Waals surface area contributed by atoms with Gasteiger partial charge in [-0.1, -0.05) is 13.5 Å². The van der Waals surface area contributed by atoms with Crippen LogP contribution in [0, 0.1) is 17.3 Å². The minimum Gasteiger partial charge on any atom is -0.457 e. The van der Waals surface area contributed by atoms with Gasteiger partial charge in [-0.05, 0) is 37.8 Å². The molecule has 1 saturated carbocycles. The van der Waals surface area contributed by atoms with E-state index in [1.165, 1.54) is 6.08 Å². The van der Waals surface area contributed by atoms with Crippen LogP contribution in [0.1, 0.15) is 26.7 Å². The molecule has 0 radical (unpaired) electrons. The highest BCUT2D eigenvalue weighted by molar-refractivity contribution is 6.01. The molecule has 3 aliphatic rings. The summed E-state index contributed by atoms with van der Waals surface area (Å²) in [6.45, 7) is 7.44. The second-order valence-corrected chi connectivity index (χ2v) is 6.16. The number of carbonyl (C=O) groups is 2. The van der Waals surface area contributed by atoms with E-state index in [0.717, 1.165) is 12.8 Å². The number of aliphatic hydroxyl groups is 1. The third-order valence-electron chi connectivity index (χ3n) is 5.37. The number of hydrogen-bond acceptors (Lipinski definition) is 4. The molecule has 2 fully saturated rings. The number of allylic oxidation sites excluding steroid dienone is 1. The van der Waals surface area contributed by atoms with Gasteiger partial charge in [-0.25, -0.2) is 4.79 Å². The number of ketones is 1. The van der Waals surface area contributed by atoms with Crippen molar-refractivity contribution < 1.29 is 19.4 Å². The lowest BCUT2D eigenvalue weighted by Gasteiger charge is -2.43. The molecule has 1 heterocycles. The fraction of sp³-hybridized carbons (Fsp3) is 0.600. The van der Waals surface area contributed by atoms with Crippen molar-refractivity contribution in [3.05, 3.63) is 24.3 Å². The number of ether oxygens (including phenoxy) is 1. The summed E-state index contributed by atoms with van der Waals surface area (Å²) in [5.41, 5.74) is -1.90. The molecule has 2 aliphatic carbocycles. The topological polar surface area (TPSA) is 63.6 Å². The third-order valence-corrected chi connectivity index (χ3v) is 5.37. The SMILES string of the molecule is C=C1C(=O)OC2[C@H]1CC[C@H](C)[C@]1(O)C=CC(=O)[C@@]21C. The average Bonchev–Trinajstić information content (AvgIpc) is 2.76. The first kappa shape index (κ1) is 12.6. The van der Waals surface area contributed by atoms with Crippen LogP contribution in [0.4, 0.5) is 0 Å². The summed E-state index contributed by atoms with van der Waals surface area (Å²) in [5, 5.41) is 11.0. The minimum absolute atomic E-state index is 0.0581. The van der Waals surface area contributed by atoms with Gasteiger partial charge in [0.15, 0.2) is 5.78 Å². The Hall–Kier alpha value is -1.42. The summed E-state index contributed by atoms with van der Waals surface area (Å²) in [6, 6.07) is 0. The third kappa shape index (κ3) is 1.27. The van der Waals surface area contributed by atoms with E-state index in [1.54, 1.807) is 13.0 Å². The van der Waals surface area contributed by atoms with Crippen LogP contribution < -0.4 is 0 Å². The van der Waals surface area contributed by atoms with Crippen LogP contribution in [0.2, 0.25) is 0 Å². The van der Waals surface area contributed by atoms with Crippen LogP contribution in [0.15, 0.2) is 24.3 Å². The molecule has 4 nitrogen and oxygen atoms in total. The Morgan fingerprint density at radius 1 is 1.42 bits per heavy atom. The van der Waals surface area contributed by atoms with Crippen LogP contribution >= 0.6 is 0 Å². The first-order valence-corrected chi connectivity index (χ1v) is 6.68. The fourth-order valence-electron chi connectivity index (χ4n) is 3.89. The second kappa shape index (κ2) is 3.57. The van der Waals surface area contributed by atoms with Gasteiger partial charge >= 0.3 is 5.97 Å². The summed E-state index contributed by atoms with van der Waals surface area (Å²) in [5.74, 6) is -0.829. The Labute approximate surface area is 112 Å². The number of esters is 1. The molecule has 0 aromatic carbocycles. The van der Waals surface area contributed by atoms with Gasteiger partial charge in [-0.15, -0.1) is 0 Å². The molecule has 3 rings (SSSR count). The predicted molar refractivity (Wildman–Crippen MR) is 68.1 cm³/mol. The molecule has 1 N–H and O–H groups in total. The van der Waals surface area contributed by atoms with Gasteiger partial charge < -0.3 is 9.84 Å². The van der Waals surface area contributed by atoms with Crippen LogP contribution in [0.25, 0.3) is 0 Å². The zero-order chi connectivity index (χ0) is 14.0. The number of carbonyl (C=O) groups excluding carboxylic acids is 2. The zero-order valence-electron chi connectivity index (χ0n) is 11.2. The van der Waals surface area contributed by atoms with Crippen molar-refractivity contribution in [2.24, 2.45) is 17.3 Å². The van der Waals surface area contributed by atoms with Crippen molar-refractivity contribution in [3.63, 3.8) is 0 Å². The molecule has 102 valence electrons. The maximum atomic E-state index is 12.3. The van der Waals surface area contributed by atoms with Crippen molar-refractivity contribution >= 4 is 11.8 Å². The van der Waals surface area contributed by atoms with Crippen molar-refractivity contribution in [2.45, 2.75) is 38.4 Å². The molecule has 4 heteroatoms. The van der Waals surface area contributed by atoms with E-state index >= 15 is 0 Å². The molecular formula is C15H18O4. The molecule has 5 atom stereocenters.